The zero-order valence-electron chi connectivity index (χ0n) is 8.45. The summed E-state index contributed by atoms with van der Waals surface area (Å²) in [5.74, 6) is 0. The van der Waals surface area contributed by atoms with E-state index in [1.54, 1.807) is 0 Å². The summed E-state index contributed by atoms with van der Waals surface area (Å²) in [5.41, 5.74) is 3.45. The highest BCUT2D eigenvalue weighted by molar-refractivity contribution is 5.43. The van der Waals surface area contributed by atoms with Gasteiger partial charge >= 0.3 is 0 Å². The minimum atomic E-state index is 0.859. The second kappa shape index (κ2) is 3.81. The van der Waals surface area contributed by atoms with Crippen LogP contribution in [0.4, 0.5) is 0 Å². The summed E-state index contributed by atoms with van der Waals surface area (Å²) in [4.78, 5) is 2.41. The van der Waals surface area contributed by atoms with E-state index >= 15 is 0 Å². The maximum absolute atomic E-state index is 8.95. The molecule has 1 aromatic rings. The molecule has 0 radical (unpaired) electrons. The van der Waals surface area contributed by atoms with Crippen molar-refractivity contribution in [2.24, 2.45) is 0 Å². The van der Waals surface area contributed by atoms with Gasteiger partial charge in [-0.05, 0) is 30.2 Å². The topological polar surface area (TPSA) is 27.0 Å². The highest BCUT2D eigenvalue weighted by atomic mass is 15.1. The molecule has 1 aliphatic rings. The number of hydrogen-bond donors (Lipinski definition) is 0. The van der Waals surface area contributed by atoms with Crippen molar-refractivity contribution in [1.82, 2.24) is 4.90 Å². The number of likely N-dealkylation sites (N-methyl/N-ethyl adjacent to an activating group) is 1. The van der Waals surface area contributed by atoms with E-state index in [0.717, 1.165) is 31.6 Å². The highest BCUT2D eigenvalue weighted by Crippen LogP contribution is 2.21. The number of nitrogens with zero attached hydrogens (tertiary/aromatic N) is 2. The molecular weight excluding hydrogens is 172 g/mol. The van der Waals surface area contributed by atoms with Crippen molar-refractivity contribution in [3.05, 3.63) is 34.9 Å². The van der Waals surface area contributed by atoms with Crippen LogP contribution in [0.2, 0.25) is 0 Å². The third-order valence-electron chi connectivity index (χ3n) is 2.91. The van der Waals surface area contributed by atoms with E-state index in [-0.39, 0.29) is 0 Å². The Morgan fingerprint density at radius 3 is 3.07 bits per heavy atom. The molecule has 0 fully saturated rings. The van der Waals surface area contributed by atoms with Crippen molar-refractivity contribution in [1.29, 1.82) is 5.26 Å². The molecule has 1 aliphatic heterocycles. The molecular formula is C12H14N2. The fraction of sp³-hybridized carbons (Fsp3) is 0.417. The largest absolute Gasteiger partial charge is 0.299 e. The summed E-state index contributed by atoms with van der Waals surface area (Å²) in [7, 11) is 0. The van der Waals surface area contributed by atoms with Crippen molar-refractivity contribution in [3.8, 4) is 6.07 Å². The van der Waals surface area contributed by atoms with Crippen LogP contribution in [0, 0.1) is 11.3 Å². The molecule has 0 spiro atoms. The quantitative estimate of drug-likeness (QED) is 0.670. The molecule has 2 nitrogen and oxygen atoms in total. The van der Waals surface area contributed by atoms with Crippen molar-refractivity contribution in [2.75, 3.05) is 13.1 Å². The van der Waals surface area contributed by atoms with Gasteiger partial charge in [0.15, 0.2) is 0 Å². The van der Waals surface area contributed by atoms with Gasteiger partial charge in [-0.1, -0.05) is 19.1 Å². The molecule has 0 saturated carbocycles. The first-order valence-electron chi connectivity index (χ1n) is 5.08. The maximum Gasteiger partial charge on any atom is 0.0994 e. The smallest absolute Gasteiger partial charge is 0.0994 e. The van der Waals surface area contributed by atoms with E-state index < -0.39 is 0 Å². The van der Waals surface area contributed by atoms with Gasteiger partial charge in [-0.15, -0.1) is 0 Å². The highest BCUT2D eigenvalue weighted by Gasteiger charge is 2.16. The monoisotopic (exact) mass is 186 g/mol. The predicted molar refractivity (Wildman–Crippen MR) is 55.8 cm³/mol. The summed E-state index contributed by atoms with van der Waals surface area (Å²) in [6.45, 7) is 5.36. The molecule has 2 heteroatoms. The number of hydrogen-bond acceptors (Lipinski definition) is 2. The predicted octanol–water partition coefficient (Wildman–Crippen LogP) is 1.94. The molecule has 1 aromatic carbocycles. The molecule has 0 unspecified atom stereocenters. The van der Waals surface area contributed by atoms with Gasteiger partial charge in [0.25, 0.3) is 0 Å². The SMILES string of the molecule is CCN1CCc2c(C#N)cccc2C1. The average molecular weight is 186 g/mol. The van der Waals surface area contributed by atoms with E-state index in [1.165, 1.54) is 11.1 Å². The Bertz CT molecular complexity index is 376. The Balaban J connectivity index is 2.36. The molecule has 0 N–H and O–H groups in total. The van der Waals surface area contributed by atoms with E-state index in [4.69, 9.17) is 5.26 Å². The fourth-order valence-electron chi connectivity index (χ4n) is 2.04. The Morgan fingerprint density at radius 1 is 1.50 bits per heavy atom. The van der Waals surface area contributed by atoms with E-state index in [2.05, 4.69) is 24.0 Å². The first-order valence-corrected chi connectivity index (χ1v) is 5.08. The van der Waals surface area contributed by atoms with Crippen molar-refractivity contribution < 1.29 is 0 Å². The van der Waals surface area contributed by atoms with Crippen LogP contribution < -0.4 is 0 Å². The van der Waals surface area contributed by atoms with Crippen LogP contribution in [0.25, 0.3) is 0 Å². The zero-order valence-corrected chi connectivity index (χ0v) is 8.45. The minimum Gasteiger partial charge on any atom is -0.299 e. The van der Waals surface area contributed by atoms with Crippen LogP contribution in [0.5, 0.6) is 0 Å². The van der Waals surface area contributed by atoms with Gasteiger partial charge in [-0.25, -0.2) is 0 Å². The van der Waals surface area contributed by atoms with Crippen molar-refractivity contribution >= 4 is 0 Å². The zero-order chi connectivity index (χ0) is 9.97. The van der Waals surface area contributed by atoms with Gasteiger partial charge in [0, 0.05) is 13.1 Å². The number of fused-ring (bicyclic) bond motifs is 1. The van der Waals surface area contributed by atoms with Crippen molar-refractivity contribution in [2.45, 2.75) is 19.9 Å². The second-order valence-corrected chi connectivity index (χ2v) is 3.67. The van der Waals surface area contributed by atoms with Crippen molar-refractivity contribution in [3.63, 3.8) is 0 Å². The minimum absolute atomic E-state index is 0.859. The molecule has 0 bridgehead atoms. The summed E-state index contributed by atoms with van der Waals surface area (Å²) in [6.07, 6.45) is 1.02. The number of rotatable bonds is 1. The average Bonchev–Trinajstić information content (AvgIpc) is 2.27. The summed E-state index contributed by atoms with van der Waals surface area (Å²) >= 11 is 0. The summed E-state index contributed by atoms with van der Waals surface area (Å²) < 4.78 is 0. The van der Waals surface area contributed by atoms with Crippen LogP contribution in [0.15, 0.2) is 18.2 Å². The first-order chi connectivity index (χ1) is 6.85. The third kappa shape index (κ3) is 1.51. The maximum atomic E-state index is 8.95. The third-order valence-corrected chi connectivity index (χ3v) is 2.91. The molecule has 0 aromatic heterocycles. The molecule has 0 atom stereocenters. The molecule has 0 amide bonds. The number of nitriles is 1. The van der Waals surface area contributed by atoms with Gasteiger partial charge in [-0.3, -0.25) is 4.90 Å². The van der Waals surface area contributed by atoms with E-state index in [9.17, 15) is 0 Å². The van der Waals surface area contributed by atoms with Crippen LogP contribution in [-0.4, -0.2) is 18.0 Å². The van der Waals surface area contributed by atoms with Crippen LogP contribution >= 0.6 is 0 Å². The molecule has 1 heterocycles. The Morgan fingerprint density at radius 2 is 2.36 bits per heavy atom. The molecule has 2 rings (SSSR count). The standard InChI is InChI=1S/C12H14N2/c1-2-14-7-6-12-10(8-13)4-3-5-11(12)9-14/h3-5H,2,6-7,9H2,1H3. The molecule has 72 valence electrons. The molecule has 0 aliphatic carbocycles. The van der Waals surface area contributed by atoms with Crippen LogP contribution in [0.1, 0.15) is 23.6 Å². The number of benzene rings is 1. The second-order valence-electron chi connectivity index (χ2n) is 3.67. The lowest BCUT2D eigenvalue weighted by Crippen LogP contribution is -2.30. The lowest BCUT2D eigenvalue weighted by Gasteiger charge is -2.27. The van der Waals surface area contributed by atoms with Gasteiger partial charge < -0.3 is 0 Å². The van der Waals surface area contributed by atoms with Gasteiger partial charge in [0.05, 0.1) is 11.6 Å². The molecule has 14 heavy (non-hydrogen) atoms. The van der Waals surface area contributed by atoms with Crippen LogP contribution in [-0.2, 0) is 13.0 Å². The van der Waals surface area contributed by atoms with Gasteiger partial charge in [-0.2, -0.15) is 5.26 Å². The van der Waals surface area contributed by atoms with Gasteiger partial charge in [0.2, 0.25) is 0 Å². The first kappa shape index (κ1) is 9.23. The fourth-order valence-corrected chi connectivity index (χ4v) is 2.04. The lowest BCUT2D eigenvalue weighted by molar-refractivity contribution is 0.268. The Labute approximate surface area is 84.8 Å². The Hall–Kier alpha value is -1.33. The lowest BCUT2D eigenvalue weighted by atomic mass is 9.95. The normalized spacial score (nSPS) is 16.0. The van der Waals surface area contributed by atoms with E-state index in [1.807, 2.05) is 12.1 Å². The Kier molecular flexibility index (Phi) is 2.51. The van der Waals surface area contributed by atoms with Gasteiger partial charge in [0.1, 0.15) is 0 Å². The van der Waals surface area contributed by atoms with E-state index in [0.29, 0.717) is 0 Å². The van der Waals surface area contributed by atoms with Crippen LogP contribution in [0.3, 0.4) is 0 Å². The summed E-state index contributed by atoms with van der Waals surface area (Å²) in [5, 5.41) is 8.95. The summed E-state index contributed by atoms with van der Waals surface area (Å²) in [6, 6.07) is 8.31. The molecule has 0 saturated heterocycles.